The van der Waals surface area contributed by atoms with Crippen molar-refractivity contribution in [3.05, 3.63) is 34.1 Å². The van der Waals surface area contributed by atoms with Gasteiger partial charge >= 0.3 is 0 Å². The van der Waals surface area contributed by atoms with Gasteiger partial charge in [-0.15, -0.1) is 0 Å². The molecule has 1 aromatic carbocycles. The molecule has 0 heterocycles. The van der Waals surface area contributed by atoms with Crippen molar-refractivity contribution in [3.63, 3.8) is 0 Å². The Hall–Kier alpha value is -0.900. The monoisotopic (exact) mass is 329 g/mol. The molecule has 0 unspecified atom stereocenters. The maximum Gasteiger partial charge on any atom is 0.256 e. The molecule has 0 saturated heterocycles. The smallest absolute Gasteiger partial charge is 0.256 e. The molecule has 0 saturated carbocycles. The molecule has 0 radical (unpaired) electrons. The molecule has 1 aromatic rings. The number of rotatable bonds is 7. The standard InChI is InChI=1S/C15H21BrFNO/c1-3-5-10-18(11-6-4-2)15(19)12-8-7-9-13(16)14(12)17/h7-9H,3-6,10-11H2,1-2H3. The fourth-order valence-corrected chi connectivity index (χ4v) is 2.22. The Bertz CT molecular complexity index is 415. The predicted octanol–water partition coefficient (Wildman–Crippen LogP) is 4.63. The van der Waals surface area contributed by atoms with E-state index >= 15 is 0 Å². The van der Waals surface area contributed by atoms with E-state index in [0.29, 0.717) is 17.6 Å². The summed E-state index contributed by atoms with van der Waals surface area (Å²) in [6, 6.07) is 4.85. The number of carbonyl (C=O) groups is 1. The van der Waals surface area contributed by atoms with Gasteiger partial charge in [0.2, 0.25) is 0 Å². The highest BCUT2D eigenvalue weighted by Gasteiger charge is 2.19. The first-order valence-corrected chi connectivity index (χ1v) is 7.64. The minimum absolute atomic E-state index is 0.154. The van der Waals surface area contributed by atoms with Crippen LogP contribution in [0.25, 0.3) is 0 Å². The van der Waals surface area contributed by atoms with E-state index in [-0.39, 0.29) is 11.5 Å². The molecule has 106 valence electrons. The van der Waals surface area contributed by atoms with Crippen LogP contribution < -0.4 is 0 Å². The molecule has 0 atom stereocenters. The van der Waals surface area contributed by atoms with Crippen molar-refractivity contribution in [2.45, 2.75) is 39.5 Å². The summed E-state index contributed by atoms with van der Waals surface area (Å²) >= 11 is 3.12. The van der Waals surface area contributed by atoms with E-state index in [9.17, 15) is 9.18 Å². The first-order valence-electron chi connectivity index (χ1n) is 6.85. The van der Waals surface area contributed by atoms with Crippen molar-refractivity contribution >= 4 is 21.8 Å². The van der Waals surface area contributed by atoms with E-state index in [0.717, 1.165) is 25.7 Å². The summed E-state index contributed by atoms with van der Waals surface area (Å²) in [5.41, 5.74) is 0.154. The van der Waals surface area contributed by atoms with Crippen molar-refractivity contribution in [2.75, 3.05) is 13.1 Å². The molecule has 2 nitrogen and oxygen atoms in total. The van der Waals surface area contributed by atoms with Gasteiger partial charge in [0.25, 0.3) is 5.91 Å². The summed E-state index contributed by atoms with van der Waals surface area (Å²) in [6.07, 6.45) is 3.95. The maximum atomic E-state index is 14.0. The van der Waals surface area contributed by atoms with Gasteiger partial charge in [0.1, 0.15) is 5.82 Å². The van der Waals surface area contributed by atoms with E-state index < -0.39 is 5.82 Å². The van der Waals surface area contributed by atoms with Crippen LogP contribution in [-0.4, -0.2) is 23.9 Å². The Morgan fingerprint density at radius 1 is 1.21 bits per heavy atom. The molecule has 0 aliphatic heterocycles. The molecule has 0 bridgehead atoms. The van der Waals surface area contributed by atoms with E-state index in [1.165, 1.54) is 0 Å². The van der Waals surface area contributed by atoms with Gasteiger partial charge in [-0.2, -0.15) is 0 Å². The van der Waals surface area contributed by atoms with Crippen LogP contribution in [0.5, 0.6) is 0 Å². The Labute approximate surface area is 123 Å². The Balaban J connectivity index is 2.87. The van der Waals surface area contributed by atoms with Gasteiger partial charge in [-0.05, 0) is 40.9 Å². The molecule has 0 N–H and O–H groups in total. The van der Waals surface area contributed by atoms with Crippen LogP contribution in [0.2, 0.25) is 0 Å². The lowest BCUT2D eigenvalue weighted by Gasteiger charge is -2.22. The van der Waals surface area contributed by atoms with Gasteiger partial charge < -0.3 is 4.90 Å². The lowest BCUT2D eigenvalue weighted by atomic mass is 10.1. The molecule has 1 amide bonds. The van der Waals surface area contributed by atoms with E-state index in [1.807, 2.05) is 0 Å². The summed E-state index contributed by atoms with van der Waals surface area (Å²) in [7, 11) is 0. The highest BCUT2D eigenvalue weighted by molar-refractivity contribution is 9.10. The van der Waals surface area contributed by atoms with Crippen molar-refractivity contribution < 1.29 is 9.18 Å². The third-order valence-electron chi connectivity index (χ3n) is 3.03. The molecule has 4 heteroatoms. The topological polar surface area (TPSA) is 20.3 Å². The quantitative estimate of drug-likeness (QED) is 0.714. The summed E-state index contributed by atoms with van der Waals surface area (Å²) in [6.45, 7) is 5.56. The first kappa shape index (κ1) is 16.2. The molecule has 0 aliphatic carbocycles. The van der Waals surface area contributed by atoms with Gasteiger partial charge in [0, 0.05) is 13.1 Å². The Kier molecular flexibility index (Phi) is 7.06. The molecular weight excluding hydrogens is 309 g/mol. The van der Waals surface area contributed by atoms with Gasteiger partial charge in [0.05, 0.1) is 10.0 Å². The normalized spacial score (nSPS) is 10.5. The second-order valence-corrected chi connectivity index (χ2v) is 5.46. The van der Waals surface area contributed by atoms with E-state index in [2.05, 4.69) is 29.8 Å². The number of carbonyl (C=O) groups excluding carboxylic acids is 1. The minimum atomic E-state index is -0.467. The van der Waals surface area contributed by atoms with Crippen LogP contribution in [0, 0.1) is 5.82 Å². The fourth-order valence-electron chi connectivity index (χ4n) is 1.85. The second-order valence-electron chi connectivity index (χ2n) is 4.60. The number of halogens is 2. The summed E-state index contributed by atoms with van der Waals surface area (Å²) in [5.74, 6) is -0.675. The number of amides is 1. The average Bonchev–Trinajstić information content (AvgIpc) is 2.41. The van der Waals surface area contributed by atoms with Crippen LogP contribution >= 0.6 is 15.9 Å². The predicted molar refractivity (Wildman–Crippen MR) is 79.8 cm³/mol. The number of hydrogen-bond donors (Lipinski definition) is 0. The Morgan fingerprint density at radius 2 is 1.79 bits per heavy atom. The number of unbranched alkanes of at least 4 members (excludes halogenated alkanes) is 2. The van der Waals surface area contributed by atoms with Crippen LogP contribution in [0.1, 0.15) is 49.9 Å². The number of hydrogen-bond acceptors (Lipinski definition) is 1. The van der Waals surface area contributed by atoms with Crippen molar-refractivity contribution in [2.24, 2.45) is 0 Å². The molecule has 0 aromatic heterocycles. The third kappa shape index (κ3) is 4.60. The summed E-state index contributed by atoms with van der Waals surface area (Å²) < 4.78 is 14.3. The summed E-state index contributed by atoms with van der Waals surface area (Å²) in [4.78, 5) is 14.2. The van der Waals surface area contributed by atoms with Gasteiger partial charge in [-0.1, -0.05) is 32.8 Å². The highest BCUT2D eigenvalue weighted by Crippen LogP contribution is 2.20. The maximum absolute atomic E-state index is 14.0. The molecule has 0 fully saturated rings. The van der Waals surface area contributed by atoms with Crippen LogP contribution in [0.4, 0.5) is 4.39 Å². The Morgan fingerprint density at radius 3 is 2.32 bits per heavy atom. The van der Waals surface area contributed by atoms with Crippen molar-refractivity contribution in [1.82, 2.24) is 4.90 Å². The lowest BCUT2D eigenvalue weighted by Crippen LogP contribution is -2.33. The third-order valence-corrected chi connectivity index (χ3v) is 3.64. The van der Waals surface area contributed by atoms with Crippen molar-refractivity contribution in [3.8, 4) is 0 Å². The average molecular weight is 330 g/mol. The van der Waals surface area contributed by atoms with E-state index in [1.54, 1.807) is 23.1 Å². The molecule has 0 aliphatic rings. The van der Waals surface area contributed by atoms with Crippen LogP contribution in [-0.2, 0) is 0 Å². The minimum Gasteiger partial charge on any atom is -0.339 e. The highest BCUT2D eigenvalue weighted by atomic mass is 79.9. The van der Waals surface area contributed by atoms with E-state index in [4.69, 9.17) is 0 Å². The summed E-state index contributed by atoms with van der Waals surface area (Å²) in [5, 5.41) is 0. The van der Waals surface area contributed by atoms with Crippen molar-refractivity contribution in [1.29, 1.82) is 0 Å². The lowest BCUT2D eigenvalue weighted by molar-refractivity contribution is 0.0746. The van der Waals surface area contributed by atoms with Crippen LogP contribution in [0.15, 0.2) is 22.7 Å². The molecular formula is C15H21BrFNO. The fraction of sp³-hybridized carbons (Fsp3) is 0.533. The second kappa shape index (κ2) is 8.31. The van der Waals surface area contributed by atoms with Gasteiger partial charge in [-0.25, -0.2) is 4.39 Å². The first-order chi connectivity index (χ1) is 9.11. The zero-order chi connectivity index (χ0) is 14.3. The van der Waals surface area contributed by atoms with Gasteiger partial charge in [-0.3, -0.25) is 4.79 Å². The number of benzene rings is 1. The van der Waals surface area contributed by atoms with Gasteiger partial charge in [0.15, 0.2) is 0 Å². The zero-order valence-corrected chi connectivity index (χ0v) is 13.2. The SMILES string of the molecule is CCCCN(CCCC)C(=O)c1cccc(Br)c1F. The molecule has 19 heavy (non-hydrogen) atoms. The van der Waals surface area contributed by atoms with Crippen LogP contribution in [0.3, 0.4) is 0 Å². The zero-order valence-electron chi connectivity index (χ0n) is 11.6. The molecule has 0 spiro atoms. The largest absolute Gasteiger partial charge is 0.339 e. The molecule has 1 rings (SSSR count). The number of nitrogens with zero attached hydrogens (tertiary/aromatic N) is 1.